The Bertz CT molecular complexity index is 842. The van der Waals surface area contributed by atoms with Crippen molar-refractivity contribution in [3.63, 3.8) is 0 Å². The molecule has 2 amide bonds. The first-order valence-electron chi connectivity index (χ1n) is 10.6. The Hall–Kier alpha value is -2.41. The lowest BCUT2D eigenvalue weighted by Crippen LogP contribution is -2.54. The summed E-state index contributed by atoms with van der Waals surface area (Å²) in [5, 5.41) is 20.0. The van der Waals surface area contributed by atoms with E-state index >= 15 is 0 Å². The number of carbonyl (C=O) groups excluding carboxylic acids is 2. The van der Waals surface area contributed by atoms with E-state index in [1.54, 1.807) is 4.70 Å². The predicted octanol–water partition coefficient (Wildman–Crippen LogP) is 1.67. The van der Waals surface area contributed by atoms with Crippen molar-refractivity contribution in [2.24, 2.45) is 16.8 Å². The fourth-order valence-electron chi connectivity index (χ4n) is 4.68. The number of alkyl halides is 2. The maximum Gasteiger partial charge on any atom is 0.255 e. The number of rotatable bonds is 7. The van der Waals surface area contributed by atoms with E-state index in [9.17, 15) is 23.6 Å². The second-order valence-electron chi connectivity index (χ2n) is 9.07. The van der Waals surface area contributed by atoms with Crippen molar-refractivity contribution in [3.8, 4) is 6.07 Å². The number of azo groups is 2. The molecule has 0 aromatic heterocycles. The van der Waals surface area contributed by atoms with E-state index in [-0.39, 0.29) is 61.1 Å². The molecule has 0 unspecified atom stereocenters. The number of nitrogens with two attached hydrogens (primary N) is 1. The third-order valence-corrected chi connectivity index (χ3v) is 6.74. The monoisotopic (exact) mass is 421 g/mol. The minimum atomic E-state index is -2.55. The minimum Gasteiger partial charge on any atom is -0.366 e. The molecule has 0 radical (unpaired) electrons. The van der Waals surface area contributed by atoms with Crippen molar-refractivity contribution in [2.45, 2.75) is 81.3 Å². The van der Waals surface area contributed by atoms with E-state index in [4.69, 9.17) is 5.73 Å². The van der Waals surface area contributed by atoms with E-state index in [0.717, 1.165) is 25.7 Å². The van der Waals surface area contributed by atoms with Crippen LogP contribution in [0.25, 0.3) is 0 Å². The zero-order valence-corrected chi connectivity index (χ0v) is 16.8. The minimum absolute atomic E-state index is 0.0376. The van der Waals surface area contributed by atoms with E-state index in [2.05, 4.69) is 21.8 Å². The summed E-state index contributed by atoms with van der Waals surface area (Å²) in [6.45, 7) is 0.157. The van der Waals surface area contributed by atoms with Gasteiger partial charge in [0, 0.05) is 48.8 Å². The number of primary amides is 1. The van der Waals surface area contributed by atoms with Gasteiger partial charge in [0.1, 0.15) is 12.0 Å². The normalized spacial score (nSPS) is 31.0. The summed E-state index contributed by atoms with van der Waals surface area (Å²) in [5.74, 6) is -3.20. The molecule has 0 atom stereocenters. The molecule has 3 aliphatic carbocycles. The number of nitrogens with one attached hydrogen (secondary N) is 2. The summed E-state index contributed by atoms with van der Waals surface area (Å²) in [4.78, 5) is 24.1. The highest BCUT2D eigenvalue weighted by Crippen LogP contribution is 2.41. The molecule has 0 aromatic rings. The molecule has 8 nitrogen and oxygen atoms in total. The number of carbonyl (C=O) groups is 2. The van der Waals surface area contributed by atoms with Crippen LogP contribution in [0.1, 0.15) is 57.8 Å². The molecule has 4 aliphatic rings. The van der Waals surface area contributed by atoms with Crippen molar-refractivity contribution in [2.75, 3.05) is 6.54 Å². The van der Waals surface area contributed by atoms with E-state index in [1.807, 2.05) is 0 Å². The summed E-state index contributed by atoms with van der Waals surface area (Å²) in [6, 6.07) is 2.20. The summed E-state index contributed by atoms with van der Waals surface area (Å²) in [5.41, 5.74) is 5.20. The molecule has 30 heavy (non-hydrogen) atoms. The topological polar surface area (TPSA) is 123 Å². The third-order valence-electron chi connectivity index (χ3n) is 6.74. The second-order valence-corrected chi connectivity index (χ2v) is 9.07. The lowest BCUT2D eigenvalue weighted by molar-refractivity contribution is -0.657. The van der Waals surface area contributed by atoms with Crippen molar-refractivity contribution < 1.29 is 23.1 Å². The third kappa shape index (κ3) is 4.21. The zero-order valence-electron chi connectivity index (χ0n) is 16.8. The molecule has 162 valence electrons. The number of halogens is 2. The van der Waals surface area contributed by atoms with E-state index in [0.29, 0.717) is 12.8 Å². The van der Waals surface area contributed by atoms with Crippen LogP contribution < -0.4 is 16.4 Å². The standard InChI is InChI=1S/C20H26F2N6O2/c21-20(22)9-14(10-20)25-13-3-5-19(6-4-13,7-8-23)28-11-15(16(24)29)17(27-28)26-18(30)12-1-2-12/h12-14,25H,1-7,9-11H2,(H2-,24,26,29,30)/p+1. The zero-order chi connectivity index (χ0) is 21.5. The van der Waals surface area contributed by atoms with Crippen LogP contribution in [0.15, 0.2) is 16.5 Å². The molecule has 3 saturated carbocycles. The number of nitrogens with zero attached hydrogens (tertiary/aromatic N) is 3. The van der Waals surface area contributed by atoms with Gasteiger partial charge in [0.15, 0.2) is 0 Å². The summed E-state index contributed by atoms with van der Waals surface area (Å²) >= 11 is 0. The molecule has 0 aromatic carbocycles. The van der Waals surface area contributed by atoms with E-state index in [1.165, 1.54) is 0 Å². The molecule has 0 spiro atoms. The Kier molecular flexibility index (Phi) is 5.34. The molecule has 4 N–H and O–H groups in total. The molecule has 3 fully saturated rings. The molecular formula is C20H27F2N6O2+. The van der Waals surface area contributed by atoms with Crippen LogP contribution in [0.5, 0.6) is 0 Å². The summed E-state index contributed by atoms with van der Waals surface area (Å²) < 4.78 is 27.9. The molecule has 1 heterocycles. The van der Waals surface area contributed by atoms with Gasteiger partial charge in [0.05, 0.1) is 6.07 Å². The van der Waals surface area contributed by atoms with Crippen LogP contribution in [0, 0.1) is 17.2 Å². The molecule has 1 aliphatic heterocycles. The van der Waals surface area contributed by atoms with Gasteiger partial charge in [-0.05, 0) is 25.7 Å². The number of hydrogen-bond donors (Lipinski definition) is 3. The Balaban J connectivity index is 1.43. The maximum atomic E-state index is 13.1. The Morgan fingerprint density at radius 1 is 1.20 bits per heavy atom. The lowest BCUT2D eigenvalue weighted by Gasteiger charge is -2.41. The summed E-state index contributed by atoms with van der Waals surface area (Å²) in [7, 11) is 0. The number of hydrogen-bond acceptors (Lipinski definition) is 5. The molecule has 10 heteroatoms. The van der Waals surface area contributed by atoms with Gasteiger partial charge in [0.2, 0.25) is 23.8 Å². The van der Waals surface area contributed by atoms with E-state index < -0.39 is 17.4 Å². The van der Waals surface area contributed by atoms with Gasteiger partial charge >= 0.3 is 0 Å². The average molecular weight is 421 g/mol. The van der Waals surface area contributed by atoms with Crippen LogP contribution in [-0.2, 0) is 9.59 Å². The summed E-state index contributed by atoms with van der Waals surface area (Å²) in [6.07, 6.45) is 4.37. The largest absolute Gasteiger partial charge is 0.366 e. The molecular weight excluding hydrogens is 394 g/mol. The number of nitriles is 1. The first-order valence-corrected chi connectivity index (χ1v) is 10.6. The lowest BCUT2D eigenvalue weighted by atomic mass is 9.76. The van der Waals surface area contributed by atoms with Crippen LogP contribution in [0.4, 0.5) is 8.78 Å². The predicted molar refractivity (Wildman–Crippen MR) is 101 cm³/mol. The Labute approximate surface area is 173 Å². The quantitative estimate of drug-likeness (QED) is 0.541. The van der Waals surface area contributed by atoms with Gasteiger partial charge in [-0.25, -0.2) is 8.78 Å². The van der Waals surface area contributed by atoms with Gasteiger partial charge in [0.25, 0.3) is 11.8 Å². The maximum absolute atomic E-state index is 13.1. The SMILES string of the molecule is N#CCC1([N+]2=NC(NC(=O)C3CC3)=C(C(N)=O)C2)CCC(NC2CC(F)(F)C2)CC1. The molecule has 0 saturated heterocycles. The van der Waals surface area contributed by atoms with Crippen LogP contribution >= 0.6 is 0 Å². The van der Waals surface area contributed by atoms with Gasteiger partial charge in [-0.15, -0.1) is 4.70 Å². The van der Waals surface area contributed by atoms with Crippen molar-refractivity contribution in [1.82, 2.24) is 10.6 Å². The first kappa shape index (κ1) is 20.8. The average Bonchev–Trinajstić information content (AvgIpc) is 3.42. The highest BCUT2D eigenvalue weighted by molar-refractivity contribution is 5.94. The highest BCUT2D eigenvalue weighted by Gasteiger charge is 2.51. The van der Waals surface area contributed by atoms with Crippen molar-refractivity contribution in [1.29, 1.82) is 5.26 Å². The fraction of sp³-hybridized carbons (Fsp3) is 0.750. The van der Waals surface area contributed by atoms with Crippen molar-refractivity contribution in [3.05, 3.63) is 11.4 Å². The Morgan fingerprint density at radius 2 is 1.87 bits per heavy atom. The smallest absolute Gasteiger partial charge is 0.255 e. The molecule has 4 rings (SSSR count). The number of amides is 2. The van der Waals surface area contributed by atoms with Crippen LogP contribution in [-0.4, -0.2) is 46.6 Å². The first-order chi connectivity index (χ1) is 14.2. The van der Waals surface area contributed by atoms with Crippen LogP contribution in [0.2, 0.25) is 0 Å². The van der Waals surface area contributed by atoms with Crippen molar-refractivity contribution >= 4 is 11.8 Å². The van der Waals surface area contributed by atoms with Gasteiger partial charge in [-0.3, -0.25) is 9.59 Å². The van der Waals surface area contributed by atoms with Gasteiger partial charge in [-0.2, -0.15) is 5.26 Å². The van der Waals surface area contributed by atoms with Crippen LogP contribution in [0.3, 0.4) is 0 Å². The Morgan fingerprint density at radius 3 is 2.40 bits per heavy atom. The second kappa shape index (κ2) is 7.69. The fourth-order valence-corrected chi connectivity index (χ4v) is 4.68. The van der Waals surface area contributed by atoms with Gasteiger partial charge in [-0.1, -0.05) is 0 Å². The van der Waals surface area contributed by atoms with Gasteiger partial charge < -0.3 is 16.4 Å². The highest BCUT2D eigenvalue weighted by atomic mass is 19.3. The molecule has 0 bridgehead atoms.